The van der Waals surface area contributed by atoms with Crippen molar-refractivity contribution in [3.05, 3.63) is 48.0 Å². The van der Waals surface area contributed by atoms with Crippen LogP contribution in [0.5, 0.6) is 0 Å². The molecule has 8 nitrogen and oxygen atoms in total. The smallest absolute Gasteiger partial charge is 0.384 e. The van der Waals surface area contributed by atoms with Crippen LogP contribution < -0.4 is 5.73 Å². The number of pyridine rings is 2. The van der Waals surface area contributed by atoms with E-state index < -0.39 is 11.9 Å². The van der Waals surface area contributed by atoms with Crippen molar-refractivity contribution in [3.63, 3.8) is 0 Å². The van der Waals surface area contributed by atoms with E-state index in [1.807, 2.05) is 0 Å². The van der Waals surface area contributed by atoms with E-state index in [2.05, 4.69) is 30.5 Å². The molecule has 0 spiro atoms. The molecule has 0 fully saturated rings. The SMILES string of the molecule is Nc1cc(SCc2cn(-c3ccncc3)nc2C(F)(F)F)c2n[nH]nc2n1. The molecule has 4 aromatic rings. The van der Waals surface area contributed by atoms with Crippen molar-refractivity contribution in [2.24, 2.45) is 0 Å². The Morgan fingerprint density at radius 3 is 2.70 bits per heavy atom. The van der Waals surface area contributed by atoms with E-state index in [0.29, 0.717) is 21.7 Å². The van der Waals surface area contributed by atoms with Gasteiger partial charge in [-0.1, -0.05) is 0 Å². The average Bonchev–Trinajstić information content (AvgIpc) is 3.27. The summed E-state index contributed by atoms with van der Waals surface area (Å²) in [5, 5.41) is 14.0. The lowest BCUT2D eigenvalue weighted by molar-refractivity contribution is -0.141. The lowest BCUT2D eigenvalue weighted by Gasteiger charge is -2.06. The number of aromatic nitrogens is 7. The fraction of sp³-hybridized carbons (Fsp3) is 0.133. The number of rotatable bonds is 4. The molecule has 12 heteroatoms. The number of nitrogens with one attached hydrogen (secondary N) is 1. The van der Waals surface area contributed by atoms with Crippen LogP contribution in [0.25, 0.3) is 16.9 Å². The van der Waals surface area contributed by atoms with Gasteiger partial charge in [0.25, 0.3) is 0 Å². The highest BCUT2D eigenvalue weighted by Crippen LogP contribution is 2.36. The lowest BCUT2D eigenvalue weighted by Crippen LogP contribution is -2.09. The number of nitrogens with two attached hydrogens (primary N) is 1. The molecule has 0 saturated carbocycles. The molecule has 0 aliphatic heterocycles. The Balaban J connectivity index is 1.68. The van der Waals surface area contributed by atoms with Crippen molar-refractivity contribution in [3.8, 4) is 5.69 Å². The number of hydrogen-bond donors (Lipinski definition) is 2. The Bertz CT molecular complexity index is 1090. The Hall–Kier alpha value is -3.15. The van der Waals surface area contributed by atoms with Gasteiger partial charge in [-0.2, -0.15) is 28.6 Å². The normalized spacial score (nSPS) is 12.0. The molecule has 4 heterocycles. The quantitative estimate of drug-likeness (QED) is 0.514. The minimum absolute atomic E-state index is 0.0192. The minimum atomic E-state index is -4.57. The molecule has 4 aromatic heterocycles. The number of halogens is 3. The number of hydrogen-bond acceptors (Lipinski definition) is 7. The highest BCUT2D eigenvalue weighted by Gasteiger charge is 2.37. The van der Waals surface area contributed by atoms with Crippen LogP contribution in [-0.4, -0.2) is 35.2 Å². The van der Waals surface area contributed by atoms with Crippen LogP contribution in [0, 0.1) is 0 Å². The largest absolute Gasteiger partial charge is 0.435 e. The van der Waals surface area contributed by atoms with Crippen LogP contribution in [0.2, 0.25) is 0 Å². The van der Waals surface area contributed by atoms with E-state index in [0.717, 1.165) is 11.8 Å². The van der Waals surface area contributed by atoms with Crippen molar-refractivity contribution in [2.75, 3.05) is 5.73 Å². The maximum absolute atomic E-state index is 13.4. The highest BCUT2D eigenvalue weighted by atomic mass is 32.2. The van der Waals surface area contributed by atoms with Gasteiger partial charge in [0.15, 0.2) is 5.69 Å². The summed E-state index contributed by atoms with van der Waals surface area (Å²) >= 11 is 1.15. The van der Waals surface area contributed by atoms with Crippen LogP contribution >= 0.6 is 11.8 Å². The second kappa shape index (κ2) is 6.54. The second-order valence-corrected chi connectivity index (χ2v) is 6.50. The molecule has 0 saturated heterocycles. The number of nitrogens with zero attached hydrogens (tertiary/aromatic N) is 6. The lowest BCUT2D eigenvalue weighted by atomic mass is 10.3. The Morgan fingerprint density at radius 1 is 1.19 bits per heavy atom. The number of fused-ring (bicyclic) bond motifs is 1. The topological polar surface area (TPSA) is 111 Å². The minimum Gasteiger partial charge on any atom is -0.384 e. The number of H-pyrrole nitrogens is 1. The molecule has 27 heavy (non-hydrogen) atoms. The molecule has 3 N–H and O–H groups in total. The van der Waals surface area contributed by atoms with Crippen molar-refractivity contribution < 1.29 is 13.2 Å². The number of thioether (sulfide) groups is 1. The summed E-state index contributed by atoms with van der Waals surface area (Å²) in [5.74, 6) is 0.230. The van der Waals surface area contributed by atoms with E-state index >= 15 is 0 Å². The fourth-order valence-electron chi connectivity index (χ4n) is 2.47. The van der Waals surface area contributed by atoms with Gasteiger partial charge in [0, 0.05) is 34.8 Å². The van der Waals surface area contributed by atoms with Gasteiger partial charge in [-0.3, -0.25) is 4.98 Å². The molecule has 0 amide bonds. The van der Waals surface area contributed by atoms with Crippen molar-refractivity contribution in [1.29, 1.82) is 0 Å². The molecule has 0 aliphatic carbocycles. The molecule has 0 aromatic carbocycles. The Kier molecular flexibility index (Phi) is 4.18. The summed E-state index contributed by atoms with van der Waals surface area (Å²) in [6.45, 7) is 0. The number of nitrogen functional groups attached to an aromatic ring is 1. The van der Waals surface area contributed by atoms with Crippen molar-refractivity contribution in [2.45, 2.75) is 16.8 Å². The molecule has 0 bridgehead atoms. The second-order valence-electron chi connectivity index (χ2n) is 5.48. The highest BCUT2D eigenvalue weighted by molar-refractivity contribution is 7.98. The van der Waals surface area contributed by atoms with Crippen LogP contribution in [0.4, 0.5) is 19.0 Å². The number of anilines is 1. The predicted octanol–water partition coefficient (Wildman–Crippen LogP) is 2.83. The summed E-state index contributed by atoms with van der Waals surface area (Å²) in [6, 6.07) is 4.70. The zero-order chi connectivity index (χ0) is 19.0. The molecule has 0 atom stereocenters. The van der Waals surface area contributed by atoms with Crippen molar-refractivity contribution in [1.82, 2.24) is 35.2 Å². The van der Waals surface area contributed by atoms with E-state index in [9.17, 15) is 13.2 Å². The Labute approximate surface area is 154 Å². The summed E-state index contributed by atoms with van der Waals surface area (Å²) in [4.78, 5) is 8.44. The third kappa shape index (κ3) is 3.43. The van der Waals surface area contributed by atoms with Gasteiger partial charge in [-0.15, -0.1) is 16.9 Å². The maximum atomic E-state index is 13.4. The average molecular weight is 392 g/mol. The van der Waals surface area contributed by atoms with E-state index in [1.54, 1.807) is 18.2 Å². The van der Waals surface area contributed by atoms with Crippen LogP contribution in [0.3, 0.4) is 0 Å². The Morgan fingerprint density at radius 2 is 1.96 bits per heavy atom. The standard InChI is InChI=1S/C15H11F3N8S/c16-15(17,18)13-8(6-26(24-13)9-1-3-20-4-2-9)7-27-10-5-11(19)21-14-12(10)22-25-23-14/h1-6H,7H2,(H3,19,21,22,23,25). The molecule has 0 radical (unpaired) electrons. The summed E-state index contributed by atoms with van der Waals surface area (Å²) in [6.07, 6.45) is -0.246. The van der Waals surface area contributed by atoms with Gasteiger partial charge >= 0.3 is 6.18 Å². The molecular formula is C15H11F3N8S. The first-order valence-corrected chi connectivity index (χ1v) is 8.56. The van der Waals surface area contributed by atoms with Crippen LogP contribution in [0.15, 0.2) is 41.7 Å². The summed E-state index contributed by atoms with van der Waals surface area (Å²) < 4.78 is 41.4. The van der Waals surface area contributed by atoms with Gasteiger partial charge < -0.3 is 5.73 Å². The molecule has 0 aliphatic rings. The maximum Gasteiger partial charge on any atom is 0.435 e. The third-order valence-corrected chi connectivity index (χ3v) is 4.72. The van der Waals surface area contributed by atoms with Gasteiger partial charge in [-0.05, 0) is 18.2 Å². The third-order valence-electron chi connectivity index (χ3n) is 3.65. The van der Waals surface area contributed by atoms with Gasteiger partial charge in [0.05, 0.1) is 5.69 Å². The zero-order valence-corrected chi connectivity index (χ0v) is 14.3. The van der Waals surface area contributed by atoms with Gasteiger partial charge in [0.2, 0.25) is 5.65 Å². The van der Waals surface area contributed by atoms with E-state index in [-0.39, 0.29) is 17.1 Å². The molecule has 138 valence electrons. The number of alkyl halides is 3. The van der Waals surface area contributed by atoms with Gasteiger partial charge in [0.1, 0.15) is 11.3 Å². The number of aromatic amines is 1. The molecular weight excluding hydrogens is 381 g/mol. The summed E-state index contributed by atoms with van der Waals surface area (Å²) in [7, 11) is 0. The van der Waals surface area contributed by atoms with E-state index in [4.69, 9.17) is 5.73 Å². The molecule has 0 unspecified atom stereocenters. The van der Waals surface area contributed by atoms with Crippen LogP contribution in [-0.2, 0) is 11.9 Å². The van der Waals surface area contributed by atoms with Crippen molar-refractivity contribution >= 4 is 28.7 Å². The first kappa shape index (κ1) is 17.3. The zero-order valence-electron chi connectivity index (χ0n) is 13.5. The van der Waals surface area contributed by atoms with E-state index in [1.165, 1.54) is 23.3 Å². The first-order valence-electron chi connectivity index (χ1n) is 7.58. The van der Waals surface area contributed by atoms with Crippen LogP contribution in [0.1, 0.15) is 11.3 Å². The summed E-state index contributed by atoms with van der Waals surface area (Å²) in [5.41, 5.74) is 6.06. The molecule has 4 rings (SSSR count). The van der Waals surface area contributed by atoms with Gasteiger partial charge in [-0.25, -0.2) is 9.67 Å². The monoisotopic (exact) mass is 392 g/mol. The fourth-order valence-corrected chi connectivity index (χ4v) is 3.47. The first-order chi connectivity index (χ1) is 12.9. The predicted molar refractivity (Wildman–Crippen MR) is 92.0 cm³/mol.